The van der Waals surface area contributed by atoms with Gasteiger partial charge in [-0.05, 0) is 43.4 Å². The first-order valence-corrected chi connectivity index (χ1v) is 11.6. The smallest absolute Gasteiger partial charge is 0.338 e. The molecule has 34 heavy (non-hydrogen) atoms. The molecular formula is C26H31N3O5. The Labute approximate surface area is 199 Å². The Morgan fingerprint density at radius 2 is 1.59 bits per heavy atom. The van der Waals surface area contributed by atoms with E-state index in [0.29, 0.717) is 24.8 Å². The largest absolute Gasteiger partial charge is 0.449 e. The number of ether oxygens (including phenoxy) is 1. The Morgan fingerprint density at radius 1 is 0.941 bits per heavy atom. The van der Waals surface area contributed by atoms with Gasteiger partial charge in [0.1, 0.15) is 0 Å². The molecule has 0 bridgehead atoms. The number of benzene rings is 2. The summed E-state index contributed by atoms with van der Waals surface area (Å²) in [5.41, 5.74) is 6.81. The average molecular weight is 466 g/mol. The van der Waals surface area contributed by atoms with Crippen LogP contribution in [0.15, 0.2) is 60.7 Å². The first-order valence-electron chi connectivity index (χ1n) is 11.6. The van der Waals surface area contributed by atoms with Crippen molar-refractivity contribution in [2.24, 2.45) is 11.7 Å². The topological polar surface area (TPSA) is 128 Å². The van der Waals surface area contributed by atoms with Crippen LogP contribution in [0, 0.1) is 5.92 Å². The van der Waals surface area contributed by atoms with Crippen molar-refractivity contribution in [3.63, 3.8) is 0 Å². The molecule has 0 radical (unpaired) electrons. The minimum atomic E-state index is -1.06. The Hall–Kier alpha value is -3.68. The van der Waals surface area contributed by atoms with Gasteiger partial charge in [-0.25, -0.2) is 4.79 Å². The normalized spacial score (nSPS) is 18.4. The third kappa shape index (κ3) is 7.43. The Bertz CT molecular complexity index is 980. The molecule has 1 saturated carbocycles. The zero-order chi connectivity index (χ0) is 24.3. The van der Waals surface area contributed by atoms with Crippen LogP contribution in [0.2, 0.25) is 0 Å². The van der Waals surface area contributed by atoms with Crippen LogP contribution in [0.4, 0.5) is 0 Å². The highest BCUT2D eigenvalue weighted by molar-refractivity contribution is 5.93. The molecule has 0 aliphatic heterocycles. The molecule has 2 aromatic carbocycles. The monoisotopic (exact) mass is 465 g/mol. The second-order valence-electron chi connectivity index (χ2n) is 8.47. The van der Waals surface area contributed by atoms with E-state index in [-0.39, 0.29) is 19.0 Å². The van der Waals surface area contributed by atoms with Crippen LogP contribution in [0.5, 0.6) is 0 Å². The SMILES string of the molecule is NC(=O)[C@@H]1CCCC[C@H]1NC(=O)CNC(=O)[C@H](CCc1ccccc1)OC(=O)c1ccccc1. The number of nitrogens with one attached hydrogen (secondary N) is 2. The third-order valence-electron chi connectivity index (χ3n) is 5.99. The molecule has 0 aromatic heterocycles. The highest BCUT2D eigenvalue weighted by Crippen LogP contribution is 2.24. The number of aryl methyl sites for hydroxylation is 1. The molecule has 1 aliphatic carbocycles. The predicted octanol–water partition coefficient (Wildman–Crippen LogP) is 2.12. The first-order chi connectivity index (χ1) is 16.4. The molecule has 0 spiro atoms. The van der Waals surface area contributed by atoms with Crippen LogP contribution < -0.4 is 16.4 Å². The van der Waals surface area contributed by atoms with Crippen molar-refractivity contribution in [1.82, 2.24) is 10.6 Å². The van der Waals surface area contributed by atoms with Crippen LogP contribution in [-0.2, 0) is 25.5 Å². The highest BCUT2D eigenvalue weighted by atomic mass is 16.5. The number of hydrogen-bond acceptors (Lipinski definition) is 5. The van der Waals surface area contributed by atoms with Crippen LogP contribution in [0.3, 0.4) is 0 Å². The summed E-state index contributed by atoms with van der Waals surface area (Å²) in [6.45, 7) is -0.286. The van der Waals surface area contributed by atoms with Gasteiger partial charge in [-0.15, -0.1) is 0 Å². The molecule has 2 aromatic rings. The van der Waals surface area contributed by atoms with Crippen molar-refractivity contribution in [2.75, 3.05) is 6.54 Å². The van der Waals surface area contributed by atoms with Crippen LogP contribution in [0.1, 0.15) is 48.0 Å². The van der Waals surface area contributed by atoms with Crippen LogP contribution in [0.25, 0.3) is 0 Å². The summed E-state index contributed by atoms with van der Waals surface area (Å²) in [6, 6.07) is 17.7. The van der Waals surface area contributed by atoms with Crippen molar-refractivity contribution >= 4 is 23.7 Å². The molecule has 3 rings (SSSR count). The van der Waals surface area contributed by atoms with E-state index in [9.17, 15) is 19.2 Å². The number of amides is 3. The molecule has 8 heteroatoms. The van der Waals surface area contributed by atoms with Gasteiger partial charge < -0.3 is 21.1 Å². The summed E-state index contributed by atoms with van der Waals surface area (Å²) >= 11 is 0. The second-order valence-corrected chi connectivity index (χ2v) is 8.47. The second kappa shape index (κ2) is 12.5. The van der Waals surface area contributed by atoms with E-state index in [1.807, 2.05) is 30.3 Å². The van der Waals surface area contributed by atoms with E-state index in [1.54, 1.807) is 30.3 Å². The molecule has 3 amide bonds. The van der Waals surface area contributed by atoms with Crippen molar-refractivity contribution in [3.05, 3.63) is 71.8 Å². The summed E-state index contributed by atoms with van der Waals surface area (Å²) < 4.78 is 5.51. The van der Waals surface area contributed by atoms with Gasteiger partial charge in [-0.2, -0.15) is 0 Å². The number of primary amides is 1. The van der Waals surface area contributed by atoms with E-state index in [4.69, 9.17) is 10.5 Å². The molecule has 1 aliphatic rings. The Balaban J connectivity index is 1.58. The number of carbonyl (C=O) groups is 4. The van der Waals surface area contributed by atoms with Crippen LogP contribution in [-0.4, -0.2) is 42.4 Å². The van der Waals surface area contributed by atoms with Gasteiger partial charge in [0.05, 0.1) is 18.0 Å². The predicted molar refractivity (Wildman–Crippen MR) is 127 cm³/mol. The Morgan fingerprint density at radius 3 is 2.26 bits per heavy atom. The minimum Gasteiger partial charge on any atom is -0.449 e. The standard InChI is InChI=1S/C26H31N3O5/c27-24(31)20-13-7-8-14-21(20)29-23(30)17-28-25(32)22(16-15-18-9-3-1-4-10-18)34-26(33)19-11-5-2-6-12-19/h1-6,9-12,20-22H,7-8,13-17H2,(H2,27,31)(H,28,32)(H,29,30)/t20-,21-,22+/m1/s1. The average Bonchev–Trinajstić information content (AvgIpc) is 2.86. The zero-order valence-corrected chi connectivity index (χ0v) is 19.1. The quantitative estimate of drug-likeness (QED) is 0.463. The molecule has 0 heterocycles. The number of nitrogens with two attached hydrogens (primary N) is 1. The van der Waals surface area contributed by atoms with Gasteiger partial charge in [0.15, 0.2) is 6.10 Å². The number of esters is 1. The van der Waals surface area contributed by atoms with E-state index in [1.165, 1.54) is 0 Å². The fourth-order valence-corrected chi connectivity index (χ4v) is 4.14. The number of rotatable bonds is 10. The zero-order valence-electron chi connectivity index (χ0n) is 19.1. The van der Waals surface area contributed by atoms with Gasteiger partial charge in [0, 0.05) is 6.04 Å². The highest BCUT2D eigenvalue weighted by Gasteiger charge is 2.31. The van der Waals surface area contributed by atoms with E-state index in [0.717, 1.165) is 18.4 Å². The van der Waals surface area contributed by atoms with Crippen LogP contribution >= 0.6 is 0 Å². The van der Waals surface area contributed by atoms with Crippen molar-refractivity contribution in [2.45, 2.75) is 50.7 Å². The summed E-state index contributed by atoms with van der Waals surface area (Å²) in [7, 11) is 0. The molecular weight excluding hydrogens is 434 g/mol. The molecule has 1 fully saturated rings. The number of carbonyl (C=O) groups excluding carboxylic acids is 4. The Kier molecular flexibility index (Phi) is 9.20. The maximum absolute atomic E-state index is 12.9. The number of hydrogen-bond donors (Lipinski definition) is 3. The summed E-state index contributed by atoms with van der Waals surface area (Å²) in [5.74, 6) is -2.40. The lowest BCUT2D eigenvalue weighted by atomic mass is 9.84. The lowest BCUT2D eigenvalue weighted by Crippen LogP contribution is -2.50. The van der Waals surface area contributed by atoms with Crippen molar-refractivity contribution < 1.29 is 23.9 Å². The van der Waals surface area contributed by atoms with Crippen molar-refractivity contribution in [1.29, 1.82) is 0 Å². The maximum Gasteiger partial charge on any atom is 0.338 e. The van der Waals surface area contributed by atoms with Gasteiger partial charge in [0.2, 0.25) is 11.8 Å². The first kappa shape index (κ1) is 25.0. The lowest BCUT2D eigenvalue weighted by molar-refractivity contribution is -0.133. The molecule has 3 atom stereocenters. The summed E-state index contributed by atoms with van der Waals surface area (Å²) in [4.78, 5) is 49.5. The van der Waals surface area contributed by atoms with Crippen molar-refractivity contribution in [3.8, 4) is 0 Å². The third-order valence-corrected chi connectivity index (χ3v) is 5.99. The molecule has 8 nitrogen and oxygen atoms in total. The van der Waals surface area contributed by atoms with E-state index in [2.05, 4.69) is 10.6 Å². The van der Waals surface area contributed by atoms with E-state index >= 15 is 0 Å². The van der Waals surface area contributed by atoms with Gasteiger partial charge in [-0.1, -0.05) is 61.4 Å². The molecule has 4 N–H and O–H groups in total. The molecule has 0 saturated heterocycles. The van der Waals surface area contributed by atoms with Gasteiger partial charge in [-0.3, -0.25) is 14.4 Å². The van der Waals surface area contributed by atoms with Gasteiger partial charge in [0.25, 0.3) is 5.91 Å². The fraction of sp³-hybridized carbons (Fsp3) is 0.385. The minimum absolute atomic E-state index is 0.266. The summed E-state index contributed by atoms with van der Waals surface area (Å²) in [5, 5.41) is 5.37. The summed E-state index contributed by atoms with van der Waals surface area (Å²) in [6.07, 6.45) is 2.84. The molecule has 0 unspecified atom stereocenters. The fourth-order valence-electron chi connectivity index (χ4n) is 4.14. The maximum atomic E-state index is 12.9. The molecule has 180 valence electrons. The van der Waals surface area contributed by atoms with Gasteiger partial charge >= 0.3 is 5.97 Å². The van der Waals surface area contributed by atoms with E-state index < -0.39 is 35.7 Å². The lowest BCUT2D eigenvalue weighted by Gasteiger charge is -2.30.